The zero-order valence-corrected chi connectivity index (χ0v) is 15.3. The Labute approximate surface area is 157 Å². The van der Waals surface area contributed by atoms with E-state index in [4.69, 9.17) is 0 Å². The second-order valence-corrected chi connectivity index (χ2v) is 7.84. The molecule has 1 aliphatic heterocycles. The number of likely N-dealkylation sites (tertiary alicyclic amines) is 1. The number of H-pyrrole nitrogens is 1. The number of hydrogen-bond donors (Lipinski definition) is 2. The topological polar surface area (TPSA) is 73.4 Å². The van der Waals surface area contributed by atoms with Crippen LogP contribution in [0.5, 0.6) is 0 Å². The summed E-state index contributed by atoms with van der Waals surface area (Å²) < 4.78 is 13.3. The summed E-state index contributed by atoms with van der Waals surface area (Å²) in [6, 6.07) is 4.71. The number of amides is 1. The molecular formula is C21H25FN2O3. The lowest BCUT2D eigenvalue weighted by atomic mass is 9.71. The lowest BCUT2D eigenvalue weighted by Crippen LogP contribution is -2.54. The zero-order valence-electron chi connectivity index (χ0n) is 15.3. The van der Waals surface area contributed by atoms with Crippen molar-refractivity contribution in [3.8, 4) is 0 Å². The number of fused-ring (bicyclic) bond motifs is 2. The molecule has 5 nitrogen and oxygen atoms in total. The first-order valence-electron chi connectivity index (χ1n) is 9.82. The Balaban J connectivity index is 1.45. The first-order chi connectivity index (χ1) is 13.0. The van der Waals surface area contributed by atoms with E-state index in [2.05, 4.69) is 4.98 Å². The number of aliphatic carboxylic acids is 1. The van der Waals surface area contributed by atoms with Crippen molar-refractivity contribution in [2.75, 3.05) is 6.54 Å². The minimum absolute atomic E-state index is 0.0677. The number of carboxylic acid groups (broad SMARTS) is 1. The number of nitrogens with zero attached hydrogens (tertiary/aromatic N) is 1. The van der Waals surface area contributed by atoms with Crippen LogP contribution >= 0.6 is 0 Å². The van der Waals surface area contributed by atoms with Crippen LogP contribution in [0.3, 0.4) is 0 Å². The third-order valence-electron chi connectivity index (χ3n) is 6.35. The van der Waals surface area contributed by atoms with Crippen LogP contribution in [0, 0.1) is 17.7 Å². The predicted molar refractivity (Wildman–Crippen MR) is 99.8 cm³/mol. The van der Waals surface area contributed by atoms with Crippen LogP contribution in [0.1, 0.15) is 44.1 Å². The summed E-state index contributed by atoms with van der Waals surface area (Å²) in [6.45, 7) is 0.538. The number of piperidine rings is 1. The van der Waals surface area contributed by atoms with E-state index in [1.807, 2.05) is 11.1 Å². The van der Waals surface area contributed by atoms with Crippen molar-refractivity contribution in [2.45, 2.75) is 51.0 Å². The van der Waals surface area contributed by atoms with E-state index in [9.17, 15) is 19.1 Å². The van der Waals surface area contributed by atoms with Gasteiger partial charge in [-0.15, -0.1) is 0 Å². The number of benzene rings is 1. The Morgan fingerprint density at radius 3 is 2.85 bits per heavy atom. The molecule has 1 saturated carbocycles. The SMILES string of the molecule is O=C(O)C1CCN(C(=O)CCc2c[nH]c3cc(F)ccc23)C2CCCCC12. The summed E-state index contributed by atoms with van der Waals surface area (Å²) in [5.74, 6) is -1.12. The average Bonchev–Trinajstić information content (AvgIpc) is 3.07. The van der Waals surface area contributed by atoms with Gasteiger partial charge in [0.05, 0.1) is 5.92 Å². The van der Waals surface area contributed by atoms with Crippen LogP contribution in [0.15, 0.2) is 24.4 Å². The number of aromatic amines is 1. The normalized spacial score (nSPS) is 25.4. The van der Waals surface area contributed by atoms with Gasteiger partial charge in [-0.05, 0) is 55.4 Å². The quantitative estimate of drug-likeness (QED) is 0.859. The number of carbonyl (C=O) groups excluding carboxylic acids is 1. The lowest BCUT2D eigenvalue weighted by molar-refractivity contribution is -0.153. The third kappa shape index (κ3) is 3.45. The van der Waals surface area contributed by atoms with E-state index in [-0.39, 0.29) is 29.6 Å². The monoisotopic (exact) mass is 372 g/mol. The maximum Gasteiger partial charge on any atom is 0.306 e. The van der Waals surface area contributed by atoms with Crippen LogP contribution in [0.4, 0.5) is 4.39 Å². The summed E-state index contributed by atoms with van der Waals surface area (Å²) in [5, 5.41) is 10.5. The fraction of sp³-hybridized carbons (Fsp3) is 0.524. The van der Waals surface area contributed by atoms with Crippen molar-refractivity contribution < 1.29 is 19.1 Å². The number of aryl methyl sites for hydroxylation is 1. The largest absolute Gasteiger partial charge is 0.481 e. The molecule has 2 N–H and O–H groups in total. The van der Waals surface area contributed by atoms with Gasteiger partial charge >= 0.3 is 5.97 Å². The number of rotatable bonds is 4. The van der Waals surface area contributed by atoms with Gasteiger partial charge in [0.15, 0.2) is 0 Å². The summed E-state index contributed by atoms with van der Waals surface area (Å²) in [7, 11) is 0. The fourth-order valence-corrected chi connectivity index (χ4v) is 5.02. The molecule has 144 valence electrons. The van der Waals surface area contributed by atoms with Crippen molar-refractivity contribution >= 4 is 22.8 Å². The lowest BCUT2D eigenvalue weighted by Gasteiger charge is -2.47. The van der Waals surface area contributed by atoms with Gasteiger partial charge in [0.1, 0.15) is 5.82 Å². The van der Waals surface area contributed by atoms with Gasteiger partial charge in [0.25, 0.3) is 0 Å². The van der Waals surface area contributed by atoms with E-state index in [0.717, 1.165) is 42.1 Å². The number of carboxylic acids is 1. The number of aromatic nitrogens is 1. The summed E-state index contributed by atoms with van der Waals surface area (Å²) >= 11 is 0. The molecule has 3 atom stereocenters. The molecule has 6 heteroatoms. The molecule has 4 rings (SSSR count). The molecule has 2 heterocycles. The van der Waals surface area contributed by atoms with Crippen molar-refractivity contribution in [2.24, 2.45) is 11.8 Å². The highest BCUT2D eigenvalue weighted by Gasteiger charge is 2.43. The van der Waals surface area contributed by atoms with Gasteiger partial charge < -0.3 is 15.0 Å². The van der Waals surface area contributed by atoms with E-state index in [1.165, 1.54) is 12.1 Å². The Bertz CT molecular complexity index is 862. The first kappa shape index (κ1) is 18.0. The van der Waals surface area contributed by atoms with Gasteiger partial charge in [-0.2, -0.15) is 0 Å². The standard InChI is InChI=1S/C21H25FN2O3/c22-14-6-7-15-13(12-23-18(15)11-14)5-8-20(25)24-10-9-17(21(26)27)16-3-1-2-4-19(16)24/h6-7,11-12,16-17,19,23H,1-5,8-10H2,(H,26,27). The number of hydrogen-bond acceptors (Lipinski definition) is 2. The summed E-state index contributed by atoms with van der Waals surface area (Å²) in [6.07, 6.45) is 7.31. The molecule has 1 saturated heterocycles. The Hall–Kier alpha value is -2.37. The Morgan fingerprint density at radius 1 is 1.22 bits per heavy atom. The van der Waals surface area contributed by atoms with Crippen LogP contribution in [0.2, 0.25) is 0 Å². The molecule has 1 aromatic heterocycles. The fourth-order valence-electron chi connectivity index (χ4n) is 5.02. The van der Waals surface area contributed by atoms with Crippen molar-refractivity contribution in [1.82, 2.24) is 9.88 Å². The van der Waals surface area contributed by atoms with Crippen LogP contribution in [-0.4, -0.2) is 39.5 Å². The van der Waals surface area contributed by atoms with Gasteiger partial charge in [-0.3, -0.25) is 9.59 Å². The minimum Gasteiger partial charge on any atom is -0.481 e. The van der Waals surface area contributed by atoms with E-state index >= 15 is 0 Å². The zero-order chi connectivity index (χ0) is 19.0. The molecule has 0 bridgehead atoms. The van der Waals surface area contributed by atoms with E-state index in [0.29, 0.717) is 25.8 Å². The summed E-state index contributed by atoms with van der Waals surface area (Å²) in [4.78, 5) is 29.5. The summed E-state index contributed by atoms with van der Waals surface area (Å²) in [5.41, 5.74) is 1.76. The maximum absolute atomic E-state index is 13.3. The van der Waals surface area contributed by atoms with Crippen LogP contribution < -0.4 is 0 Å². The molecule has 27 heavy (non-hydrogen) atoms. The smallest absolute Gasteiger partial charge is 0.306 e. The highest BCUT2D eigenvalue weighted by molar-refractivity contribution is 5.84. The van der Waals surface area contributed by atoms with E-state index in [1.54, 1.807) is 6.07 Å². The Kier molecular flexibility index (Phi) is 4.89. The molecule has 1 amide bonds. The van der Waals surface area contributed by atoms with Gasteiger partial charge in [0.2, 0.25) is 5.91 Å². The molecule has 2 fully saturated rings. The van der Waals surface area contributed by atoms with Gasteiger partial charge in [0, 0.05) is 36.1 Å². The van der Waals surface area contributed by atoms with Crippen molar-refractivity contribution in [3.05, 3.63) is 35.8 Å². The molecule has 0 spiro atoms. The molecule has 2 aromatic rings. The number of carbonyl (C=O) groups is 2. The second kappa shape index (κ2) is 7.33. The maximum atomic E-state index is 13.3. The van der Waals surface area contributed by atoms with Gasteiger partial charge in [-0.1, -0.05) is 12.8 Å². The molecular weight excluding hydrogens is 347 g/mol. The molecule has 0 radical (unpaired) electrons. The van der Waals surface area contributed by atoms with Crippen molar-refractivity contribution in [1.29, 1.82) is 0 Å². The van der Waals surface area contributed by atoms with Crippen LogP contribution in [0.25, 0.3) is 10.9 Å². The minimum atomic E-state index is -0.718. The van der Waals surface area contributed by atoms with Crippen molar-refractivity contribution in [3.63, 3.8) is 0 Å². The second-order valence-electron chi connectivity index (χ2n) is 7.84. The molecule has 1 aromatic carbocycles. The van der Waals surface area contributed by atoms with E-state index < -0.39 is 5.97 Å². The van der Waals surface area contributed by atoms with Crippen LogP contribution in [-0.2, 0) is 16.0 Å². The molecule has 2 aliphatic rings. The van der Waals surface area contributed by atoms with Gasteiger partial charge in [-0.25, -0.2) is 4.39 Å². The molecule has 3 unspecified atom stereocenters. The molecule has 1 aliphatic carbocycles. The third-order valence-corrected chi connectivity index (χ3v) is 6.35. The first-order valence-corrected chi connectivity index (χ1v) is 9.82. The highest BCUT2D eigenvalue weighted by Crippen LogP contribution is 2.39. The average molecular weight is 372 g/mol. The predicted octanol–water partition coefficient (Wildman–Crippen LogP) is 3.73. The Morgan fingerprint density at radius 2 is 2.04 bits per heavy atom. The number of halogens is 1. The highest BCUT2D eigenvalue weighted by atomic mass is 19.1. The number of nitrogens with one attached hydrogen (secondary N) is 1.